The fraction of sp³-hybridized carbons (Fsp3) is 0.733. The van der Waals surface area contributed by atoms with Gasteiger partial charge in [0.1, 0.15) is 11.6 Å². The minimum atomic E-state index is -0.132. The van der Waals surface area contributed by atoms with Gasteiger partial charge in [-0.05, 0) is 45.7 Å². The van der Waals surface area contributed by atoms with E-state index in [4.69, 9.17) is 0 Å². The van der Waals surface area contributed by atoms with Gasteiger partial charge in [0, 0.05) is 24.8 Å². The van der Waals surface area contributed by atoms with Crippen LogP contribution in [-0.4, -0.2) is 52.3 Å². The van der Waals surface area contributed by atoms with E-state index >= 15 is 0 Å². The average molecular weight is 278 g/mol. The lowest BCUT2D eigenvalue weighted by atomic mass is 10.1. The van der Waals surface area contributed by atoms with Gasteiger partial charge in [-0.3, -0.25) is 0 Å². The first-order chi connectivity index (χ1) is 9.69. The fourth-order valence-corrected chi connectivity index (χ4v) is 2.65. The summed E-state index contributed by atoms with van der Waals surface area (Å²) in [6.45, 7) is 7.93. The first-order valence-electron chi connectivity index (χ1n) is 7.66. The molecule has 0 aromatic carbocycles. The molecule has 1 aliphatic rings. The van der Waals surface area contributed by atoms with Crippen molar-refractivity contribution in [3.8, 4) is 0 Å². The Labute approximate surface area is 121 Å². The standard InChI is InChI=1S/C15H26N4O/c1-3-13-10-17-12(2)18-15(13)16-7-5-9-19-8-4-6-14(20)11-19/h10,14,20H,3-9,11H2,1-2H3,(H,16,17,18). The first kappa shape index (κ1) is 15.2. The number of likely N-dealkylation sites (tertiary alicyclic amines) is 1. The number of aliphatic hydroxyl groups is 1. The van der Waals surface area contributed by atoms with Gasteiger partial charge >= 0.3 is 0 Å². The van der Waals surface area contributed by atoms with E-state index in [2.05, 4.69) is 27.1 Å². The van der Waals surface area contributed by atoms with Gasteiger partial charge in [0.05, 0.1) is 6.10 Å². The number of nitrogens with zero attached hydrogens (tertiary/aromatic N) is 3. The highest BCUT2D eigenvalue weighted by Crippen LogP contribution is 2.13. The Morgan fingerprint density at radius 2 is 2.35 bits per heavy atom. The van der Waals surface area contributed by atoms with Gasteiger partial charge in [-0.15, -0.1) is 0 Å². The monoisotopic (exact) mass is 278 g/mol. The smallest absolute Gasteiger partial charge is 0.132 e. The summed E-state index contributed by atoms with van der Waals surface area (Å²) in [4.78, 5) is 11.0. The molecular formula is C15H26N4O. The number of aliphatic hydroxyl groups excluding tert-OH is 1. The zero-order valence-corrected chi connectivity index (χ0v) is 12.6. The van der Waals surface area contributed by atoms with Crippen molar-refractivity contribution in [2.24, 2.45) is 0 Å². The van der Waals surface area contributed by atoms with Crippen LogP contribution in [0.4, 0.5) is 5.82 Å². The molecule has 1 aromatic rings. The molecule has 0 radical (unpaired) electrons. The maximum absolute atomic E-state index is 9.64. The minimum absolute atomic E-state index is 0.132. The van der Waals surface area contributed by atoms with Gasteiger partial charge < -0.3 is 15.3 Å². The molecule has 0 amide bonds. The summed E-state index contributed by atoms with van der Waals surface area (Å²) in [5.41, 5.74) is 1.17. The summed E-state index contributed by atoms with van der Waals surface area (Å²) in [6, 6.07) is 0. The number of β-amino-alcohol motifs (C(OH)–C–C–N with tert-alkyl or cyclic N) is 1. The molecule has 0 spiro atoms. The van der Waals surface area contributed by atoms with E-state index in [1.54, 1.807) is 0 Å². The van der Waals surface area contributed by atoms with Gasteiger partial charge in [0.15, 0.2) is 0 Å². The molecule has 5 nitrogen and oxygen atoms in total. The largest absolute Gasteiger partial charge is 0.392 e. The van der Waals surface area contributed by atoms with E-state index in [0.717, 1.165) is 63.5 Å². The topological polar surface area (TPSA) is 61.3 Å². The fourth-order valence-electron chi connectivity index (χ4n) is 2.65. The van der Waals surface area contributed by atoms with Crippen LogP contribution in [0, 0.1) is 6.92 Å². The molecule has 1 atom stereocenters. The van der Waals surface area contributed by atoms with Crippen LogP contribution in [-0.2, 0) is 6.42 Å². The Hall–Kier alpha value is -1.20. The van der Waals surface area contributed by atoms with Crippen LogP contribution in [0.25, 0.3) is 0 Å². The molecule has 1 aromatic heterocycles. The molecule has 1 unspecified atom stereocenters. The third kappa shape index (κ3) is 4.42. The molecule has 112 valence electrons. The molecule has 2 heterocycles. The Morgan fingerprint density at radius 1 is 1.50 bits per heavy atom. The van der Waals surface area contributed by atoms with Crippen LogP contribution < -0.4 is 5.32 Å². The minimum Gasteiger partial charge on any atom is -0.392 e. The lowest BCUT2D eigenvalue weighted by Gasteiger charge is -2.29. The van der Waals surface area contributed by atoms with Crippen molar-refractivity contribution < 1.29 is 5.11 Å². The highest BCUT2D eigenvalue weighted by Gasteiger charge is 2.16. The van der Waals surface area contributed by atoms with Gasteiger partial charge in [-0.1, -0.05) is 6.92 Å². The van der Waals surface area contributed by atoms with Crippen molar-refractivity contribution in [3.63, 3.8) is 0 Å². The van der Waals surface area contributed by atoms with Crippen LogP contribution in [0.2, 0.25) is 0 Å². The Balaban J connectivity index is 1.74. The van der Waals surface area contributed by atoms with Crippen LogP contribution in [0.5, 0.6) is 0 Å². The molecular weight excluding hydrogens is 252 g/mol. The van der Waals surface area contributed by atoms with Gasteiger partial charge in [-0.2, -0.15) is 0 Å². The van der Waals surface area contributed by atoms with Crippen LogP contribution in [0.3, 0.4) is 0 Å². The molecule has 0 aliphatic carbocycles. The van der Waals surface area contributed by atoms with E-state index in [1.165, 1.54) is 5.56 Å². The molecule has 1 fully saturated rings. The van der Waals surface area contributed by atoms with E-state index in [0.29, 0.717) is 0 Å². The highest BCUT2D eigenvalue weighted by atomic mass is 16.3. The summed E-state index contributed by atoms with van der Waals surface area (Å²) in [5, 5.41) is 13.1. The number of hydrogen-bond donors (Lipinski definition) is 2. The SMILES string of the molecule is CCc1cnc(C)nc1NCCCN1CCCC(O)C1. The first-order valence-corrected chi connectivity index (χ1v) is 7.66. The predicted molar refractivity (Wildman–Crippen MR) is 80.9 cm³/mol. The lowest BCUT2D eigenvalue weighted by Crippen LogP contribution is -2.39. The normalized spacial score (nSPS) is 20.1. The number of nitrogens with one attached hydrogen (secondary N) is 1. The number of rotatable bonds is 6. The molecule has 2 N–H and O–H groups in total. The molecule has 0 saturated carbocycles. The second-order valence-corrected chi connectivity index (χ2v) is 5.52. The van der Waals surface area contributed by atoms with Crippen molar-refractivity contribution >= 4 is 5.82 Å². The zero-order chi connectivity index (χ0) is 14.4. The summed E-state index contributed by atoms with van der Waals surface area (Å²) in [5.74, 6) is 1.78. The maximum Gasteiger partial charge on any atom is 0.132 e. The number of aryl methyl sites for hydroxylation is 2. The number of anilines is 1. The van der Waals surface area contributed by atoms with E-state index < -0.39 is 0 Å². The number of hydrogen-bond acceptors (Lipinski definition) is 5. The summed E-state index contributed by atoms with van der Waals surface area (Å²) >= 11 is 0. The molecule has 0 bridgehead atoms. The summed E-state index contributed by atoms with van der Waals surface area (Å²) < 4.78 is 0. The Kier molecular flexibility index (Phi) is 5.73. The Morgan fingerprint density at radius 3 is 3.10 bits per heavy atom. The van der Waals surface area contributed by atoms with Crippen molar-refractivity contribution in [1.82, 2.24) is 14.9 Å². The average Bonchev–Trinajstić information content (AvgIpc) is 2.44. The second kappa shape index (κ2) is 7.55. The summed E-state index contributed by atoms with van der Waals surface area (Å²) in [7, 11) is 0. The Bertz CT molecular complexity index is 424. The number of piperidine rings is 1. The van der Waals surface area contributed by atoms with Crippen molar-refractivity contribution in [2.45, 2.75) is 45.6 Å². The molecule has 2 rings (SSSR count). The summed E-state index contributed by atoms with van der Waals surface area (Å²) in [6.07, 6.45) is 5.85. The van der Waals surface area contributed by atoms with Crippen molar-refractivity contribution in [3.05, 3.63) is 17.6 Å². The molecule has 1 aliphatic heterocycles. The maximum atomic E-state index is 9.64. The number of aromatic nitrogens is 2. The molecule has 5 heteroatoms. The van der Waals surface area contributed by atoms with Gasteiger partial charge in [0.25, 0.3) is 0 Å². The highest BCUT2D eigenvalue weighted by molar-refractivity contribution is 5.42. The van der Waals surface area contributed by atoms with E-state index in [9.17, 15) is 5.11 Å². The molecule has 20 heavy (non-hydrogen) atoms. The van der Waals surface area contributed by atoms with Crippen LogP contribution in [0.1, 0.15) is 37.6 Å². The second-order valence-electron chi connectivity index (χ2n) is 5.52. The van der Waals surface area contributed by atoms with Crippen LogP contribution >= 0.6 is 0 Å². The zero-order valence-electron chi connectivity index (χ0n) is 12.6. The molecule has 1 saturated heterocycles. The van der Waals surface area contributed by atoms with Crippen molar-refractivity contribution in [2.75, 3.05) is 31.5 Å². The third-order valence-electron chi connectivity index (χ3n) is 3.79. The van der Waals surface area contributed by atoms with Gasteiger partial charge in [0.2, 0.25) is 0 Å². The predicted octanol–water partition coefficient (Wildman–Crippen LogP) is 1.61. The quantitative estimate of drug-likeness (QED) is 0.774. The third-order valence-corrected chi connectivity index (χ3v) is 3.79. The van der Waals surface area contributed by atoms with E-state index in [1.807, 2.05) is 13.1 Å². The van der Waals surface area contributed by atoms with Gasteiger partial charge in [-0.25, -0.2) is 9.97 Å². The van der Waals surface area contributed by atoms with Crippen molar-refractivity contribution in [1.29, 1.82) is 0 Å². The lowest BCUT2D eigenvalue weighted by molar-refractivity contribution is 0.0706. The van der Waals surface area contributed by atoms with Crippen LogP contribution in [0.15, 0.2) is 6.20 Å². The van der Waals surface area contributed by atoms with E-state index in [-0.39, 0.29) is 6.10 Å².